The molecule has 2 amide bonds. The summed E-state index contributed by atoms with van der Waals surface area (Å²) in [6.45, 7) is 2.35. The minimum atomic E-state index is -4.58. The molecule has 3 rings (SSSR count). The third kappa shape index (κ3) is 4.54. The molecule has 0 atom stereocenters. The van der Waals surface area contributed by atoms with Gasteiger partial charge >= 0.3 is 12.2 Å². The number of hydrogen-bond acceptors (Lipinski definition) is 3. The number of benzene rings is 2. The zero-order valence-corrected chi connectivity index (χ0v) is 15.1. The number of carbonyl (C=O) groups excluding carboxylic acids is 1. The Morgan fingerprint density at radius 2 is 1.86 bits per heavy atom. The van der Waals surface area contributed by atoms with Gasteiger partial charge in [-0.3, -0.25) is 0 Å². The minimum absolute atomic E-state index is 0.00625. The van der Waals surface area contributed by atoms with E-state index in [1.54, 1.807) is 42.5 Å². The van der Waals surface area contributed by atoms with Gasteiger partial charge in [-0.15, -0.1) is 0 Å². The number of urea groups is 1. The summed E-state index contributed by atoms with van der Waals surface area (Å²) in [5, 5.41) is 5.18. The third-order valence-corrected chi connectivity index (χ3v) is 3.95. The first kappa shape index (κ1) is 19.5. The van der Waals surface area contributed by atoms with Crippen molar-refractivity contribution in [3.63, 3.8) is 0 Å². The third-order valence-electron chi connectivity index (χ3n) is 3.95. The van der Waals surface area contributed by atoms with Gasteiger partial charge in [0.05, 0.1) is 17.6 Å². The number of aromatic nitrogens is 2. The second kappa shape index (κ2) is 8.20. The number of halogens is 3. The van der Waals surface area contributed by atoms with E-state index in [0.29, 0.717) is 23.6 Å². The Kier molecular flexibility index (Phi) is 5.72. The van der Waals surface area contributed by atoms with Crippen molar-refractivity contribution >= 4 is 22.8 Å². The molecule has 3 aromatic rings. The summed E-state index contributed by atoms with van der Waals surface area (Å²) in [7, 11) is 0. The number of carbonyl (C=O) groups is 1. The van der Waals surface area contributed by atoms with Gasteiger partial charge < -0.3 is 19.9 Å². The van der Waals surface area contributed by atoms with Gasteiger partial charge in [0.15, 0.2) is 0 Å². The van der Waals surface area contributed by atoms with Crippen LogP contribution in [0.25, 0.3) is 11.0 Å². The van der Waals surface area contributed by atoms with Crippen molar-refractivity contribution in [3.8, 4) is 5.75 Å². The van der Waals surface area contributed by atoms with Gasteiger partial charge in [0.1, 0.15) is 5.75 Å². The van der Waals surface area contributed by atoms with E-state index in [1.807, 2.05) is 6.92 Å². The molecule has 0 aliphatic rings. The van der Waals surface area contributed by atoms with E-state index < -0.39 is 18.0 Å². The van der Waals surface area contributed by atoms with Gasteiger partial charge in [-0.25, -0.2) is 9.78 Å². The van der Waals surface area contributed by atoms with Crippen molar-refractivity contribution in [3.05, 3.63) is 54.4 Å². The summed E-state index contributed by atoms with van der Waals surface area (Å²) in [5.41, 5.74) is 1.17. The number of hydrogen-bond donors (Lipinski definition) is 2. The quantitative estimate of drug-likeness (QED) is 0.658. The average Bonchev–Trinajstić information content (AvgIpc) is 3.03. The minimum Gasteiger partial charge on any atom is -0.494 e. The van der Waals surface area contributed by atoms with Gasteiger partial charge in [-0.05, 0) is 43.3 Å². The van der Waals surface area contributed by atoms with E-state index in [2.05, 4.69) is 15.6 Å². The van der Waals surface area contributed by atoms with Crippen LogP contribution in [0.2, 0.25) is 0 Å². The van der Waals surface area contributed by atoms with Crippen molar-refractivity contribution in [1.82, 2.24) is 14.9 Å². The van der Waals surface area contributed by atoms with Crippen LogP contribution >= 0.6 is 0 Å². The number of amides is 2. The lowest BCUT2D eigenvalue weighted by Crippen LogP contribution is -2.32. The molecule has 1 aromatic heterocycles. The highest BCUT2D eigenvalue weighted by atomic mass is 19.4. The first-order valence-corrected chi connectivity index (χ1v) is 8.68. The standard InChI is InChI=1S/C19H19F3N4O2/c1-2-28-14-9-7-13(8-10-14)24-18(27)23-11-12-26-16-6-4-3-5-15(16)25-17(26)19(20,21)22/h3-10H,2,11-12H2,1H3,(H2,23,24,27). The van der Waals surface area contributed by atoms with Crippen molar-refractivity contribution in [2.45, 2.75) is 19.6 Å². The summed E-state index contributed by atoms with van der Waals surface area (Å²) in [6, 6.07) is 12.6. The van der Waals surface area contributed by atoms with Crippen molar-refractivity contribution in [2.24, 2.45) is 0 Å². The Morgan fingerprint density at radius 1 is 1.14 bits per heavy atom. The molecule has 0 fully saturated rings. The van der Waals surface area contributed by atoms with Gasteiger partial charge in [0, 0.05) is 18.8 Å². The van der Waals surface area contributed by atoms with E-state index >= 15 is 0 Å². The predicted octanol–water partition coefficient (Wildman–Crippen LogP) is 4.28. The number of anilines is 1. The topological polar surface area (TPSA) is 68.2 Å². The monoisotopic (exact) mass is 392 g/mol. The van der Waals surface area contributed by atoms with E-state index in [1.165, 1.54) is 6.07 Å². The Labute approximate surface area is 159 Å². The Morgan fingerprint density at radius 3 is 2.54 bits per heavy atom. The van der Waals surface area contributed by atoms with Crippen LogP contribution in [-0.4, -0.2) is 28.7 Å². The zero-order valence-electron chi connectivity index (χ0n) is 15.1. The number of imidazole rings is 1. The van der Waals surface area contributed by atoms with Crippen molar-refractivity contribution in [2.75, 3.05) is 18.5 Å². The summed E-state index contributed by atoms with van der Waals surface area (Å²) < 4.78 is 46.1. The van der Waals surface area contributed by atoms with E-state index in [-0.39, 0.29) is 18.6 Å². The lowest BCUT2D eigenvalue weighted by atomic mass is 10.3. The fourth-order valence-corrected chi connectivity index (χ4v) is 2.78. The molecule has 1 heterocycles. The fraction of sp³-hybridized carbons (Fsp3) is 0.263. The molecule has 0 saturated carbocycles. The number of para-hydroxylation sites is 2. The highest BCUT2D eigenvalue weighted by Crippen LogP contribution is 2.31. The Bertz CT molecular complexity index is 952. The van der Waals surface area contributed by atoms with E-state index in [4.69, 9.17) is 4.74 Å². The zero-order chi connectivity index (χ0) is 20.1. The van der Waals surface area contributed by atoms with Crippen LogP contribution in [0.3, 0.4) is 0 Å². The van der Waals surface area contributed by atoms with Gasteiger partial charge in [0.2, 0.25) is 5.82 Å². The number of ether oxygens (including phenoxy) is 1. The molecule has 0 radical (unpaired) electrons. The normalized spacial score (nSPS) is 11.4. The van der Waals surface area contributed by atoms with Crippen LogP contribution in [0.5, 0.6) is 5.75 Å². The molecule has 0 bridgehead atoms. The highest BCUT2D eigenvalue weighted by Gasteiger charge is 2.37. The lowest BCUT2D eigenvalue weighted by Gasteiger charge is -2.13. The van der Waals surface area contributed by atoms with Crippen LogP contribution < -0.4 is 15.4 Å². The van der Waals surface area contributed by atoms with E-state index in [0.717, 1.165) is 4.57 Å². The fourth-order valence-electron chi connectivity index (χ4n) is 2.78. The van der Waals surface area contributed by atoms with Crippen molar-refractivity contribution in [1.29, 1.82) is 0 Å². The first-order chi connectivity index (χ1) is 13.4. The highest BCUT2D eigenvalue weighted by molar-refractivity contribution is 5.89. The van der Waals surface area contributed by atoms with Crippen LogP contribution in [0, 0.1) is 0 Å². The van der Waals surface area contributed by atoms with Crippen LogP contribution in [-0.2, 0) is 12.7 Å². The molecule has 0 unspecified atom stereocenters. The second-order valence-electron chi connectivity index (χ2n) is 5.91. The van der Waals surface area contributed by atoms with Crippen LogP contribution in [0.15, 0.2) is 48.5 Å². The van der Waals surface area contributed by atoms with Gasteiger partial charge in [0.25, 0.3) is 0 Å². The molecular weight excluding hydrogens is 373 g/mol. The maximum absolute atomic E-state index is 13.3. The van der Waals surface area contributed by atoms with E-state index in [9.17, 15) is 18.0 Å². The molecule has 6 nitrogen and oxygen atoms in total. The smallest absolute Gasteiger partial charge is 0.449 e. The second-order valence-corrected chi connectivity index (χ2v) is 5.91. The molecule has 2 N–H and O–H groups in total. The summed E-state index contributed by atoms with van der Waals surface area (Å²) >= 11 is 0. The average molecular weight is 392 g/mol. The summed E-state index contributed by atoms with van der Waals surface area (Å²) in [5.74, 6) is -0.303. The lowest BCUT2D eigenvalue weighted by molar-refractivity contribution is -0.146. The van der Waals surface area contributed by atoms with Crippen LogP contribution in [0.1, 0.15) is 12.7 Å². The molecule has 0 saturated heterocycles. The molecule has 0 spiro atoms. The molecular formula is C19H19F3N4O2. The Hall–Kier alpha value is -3.23. The predicted molar refractivity (Wildman–Crippen MR) is 99.4 cm³/mol. The molecule has 0 aliphatic heterocycles. The molecule has 0 aliphatic carbocycles. The largest absolute Gasteiger partial charge is 0.494 e. The number of fused-ring (bicyclic) bond motifs is 1. The SMILES string of the molecule is CCOc1ccc(NC(=O)NCCn2c(C(F)(F)F)nc3ccccc32)cc1. The number of nitrogens with one attached hydrogen (secondary N) is 2. The first-order valence-electron chi connectivity index (χ1n) is 8.68. The molecule has 148 valence electrons. The number of alkyl halides is 3. The maximum atomic E-state index is 13.3. The molecule has 9 heteroatoms. The summed E-state index contributed by atoms with van der Waals surface area (Å²) in [4.78, 5) is 15.7. The van der Waals surface area contributed by atoms with Crippen LogP contribution in [0.4, 0.5) is 23.7 Å². The molecule has 28 heavy (non-hydrogen) atoms. The maximum Gasteiger partial charge on any atom is 0.449 e. The number of rotatable bonds is 6. The summed E-state index contributed by atoms with van der Waals surface area (Å²) in [6.07, 6.45) is -4.58. The number of nitrogens with zero attached hydrogens (tertiary/aromatic N) is 2. The van der Waals surface area contributed by atoms with Gasteiger partial charge in [-0.1, -0.05) is 12.1 Å². The van der Waals surface area contributed by atoms with Crippen molar-refractivity contribution < 1.29 is 22.7 Å². The Balaban J connectivity index is 1.62. The van der Waals surface area contributed by atoms with Gasteiger partial charge in [-0.2, -0.15) is 13.2 Å². The molecule has 2 aromatic carbocycles.